The van der Waals surface area contributed by atoms with Gasteiger partial charge >= 0.3 is 35.8 Å². The lowest BCUT2D eigenvalue weighted by atomic mass is 9.61. The molecule has 0 radical (unpaired) electrons. The maximum absolute atomic E-state index is 12.5. The summed E-state index contributed by atoms with van der Waals surface area (Å²) in [7, 11) is 0. The minimum absolute atomic E-state index is 0.0104. The number of esters is 6. The van der Waals surface area contributed by atoms with E-state index in [1.807, 2.05) is 96.9 Å². The second-order valence-corrected chi connectivity index (χ2v) is 43.6. The van der Waals surface area contributed by atoms with Crippen molar-refractivity contribution >= 4 is 35.8 Å². The summed E-state index contributed by atoms with van der Waals surface area (Å²) in [6.45, 7) is 62.9. The fourth-order valence-electron chi connectivity index (χ4n) is 18.5. The minimum Gasteiger partial charge on any atom is -0.459 e. The van der Waals surface area contributed by atoms with Gasteiger partial charge in [0.1, 0.15) is 33.6 Å². The molecule has 8 saturated carbocycles. The van der Waals surface area contributed by atoms with E-state index < -0.39 is 0 Å². The van der Waals surface area contributed by atoms with Crippen LogP contribution in [0.3, 0.4) is 0 Å². The Balaban J connectivity index is 0.000000346. The van der Waals surface area contributed by atoms with Crippen molar-refractivity contribution < 1.29 is 57.2 Å². The van der Waals surface area contributed by atoms with Gasteiger partial charge in [-0.05, 0) is 321 Å². The van der Waals surface area contributed by atoms with Gasteiger partial charge in [0.25, 0.3) is 0 Å². The maximum Gasteiger partial charge on any atom is 0.312 e. The van der Waals surface area contributed by atoms with E-state index in [1.165, 1.54) is 186 Å². The molecule has 0 aromatic heterocycles. The summed E-state index contributed by atoms with van der Waals surface area (Å²) < 4.78 is 35.9. The summed E-state index contributed by atoms with van der Waals surface area (Å²) in [5.74, 6) is 1.26. The standard InChI is InChI=1S/C19H36O2.2C17H30O2.C17H32O2.C15H28O2.C14H26O2/c1-5-18(2,3)17(20)21-19(4)15-13-11-9-7-6-8-10-12-14-16-19;1-8-14(2,3)13(18)19-17(7)11-12-9-10-16(17,6)15(12,4)5;1-8-14(2,3)13(18)19-17(7)15(4,5)12-9-10-16(17,6)11-12;1-5-16(2,3)15(18)19-17(4)13-11-9-7-6-8-10-12-14-17;1-5-14(3,4)13(16)17-15(6-2)11-9-7-8-10-12-15;1-5-13(2,3)12(15)16-14(4)10-8-6-7-9-11-14/h5-16H2,1-4H3;2*12H,8-11H2,1-7H3;5-14H2,1-4H3;5-12H2,1-4H3;5-11H2,1-4H3. The van der Waals surface area contributed by atoms with Gasteiger partial charge in [0.15, 0.2) is 0 Å². The van der Waals surface area contributed by atoms with E-state index >= 15 is 0 Å². The lowest BCUT2D eigenvalue weighted by molar-refractivity contribution is -0.202. The zero-order valence-corrected chi connectivity index (χ0v) is 78.9. The molecule has 111 heavy (non-hydrogen) atoms. The van der Waals surface area contributed by atoms with Crippen molar-refractivity contribution in [2.24, 2.45) is 66.0 Å². The number of carbonyl (C=O) groups is 6. The summed E-state index contributed by atoms with van der Waals surface area (Å²) in [4.78, 5) is 74.0. The van der Waals surface area contributed by atoms with Crippen LogP contribution in [0, 0.1) is 66.0 Å². The van der Waals surface area contributed by atoms with Gasteiger partial charge in [-0.1, -0.05) is 193 Å². The van der Waals surface area contributed by atoms with Crippen LogP contribution in [0.4, 0.5) is 0 Å². The fourth-order valence-corrected chi connectivity index (χ4v) is 18.5. The van der Waals surface area contributed by atoms with Crippen LogP contribution in [0.2, 0.25) is 0 Å². The van der Waals surface area contributed by atoms with E-state index in [1.54, 1.807) is 0 Å². The molecular formula is C99H182O12. The predicted octanol–water partition coefficient (Wildman–Crippen LogP) is 29.0. The van der Waals surface area contributed by atoms with Gasteiger partial charge in [0.2, 0.25) is 0 Å². The number of rotatable bonds is 19. The highest BCUT2D eigenvalue weighted by Gasteiger charge is 2.70. The molecule has 4 bridgehead atoms. The molecule has 0 heterocycles. The third kappa shape index (κ3) is 27.7. The first-order valence-electron chi connectivity index (χ1n) is 46.6. The van der Waals surface area contributed by atoms with Crippen molar-refractivity contribution in [3.8, 4) is 0 Å². The molecule has 8 fully saturated rings. The highest BCUT2D eigenvalue weighted by atomic mass is 16.6. The van der Waals surface area contributed by atoms with Crippen molar-refractivity contribution in [1.29, 1.82) is 0 Å². The summed E-state index contributed by atoms with van der Waals surface area (Å²) in [6, 6.07) is 0. The molecule has 650 valence electrons. The normalized spacial score (nSPS) is 27.9. The van der Waals surface area contributed by atoms with Crippen LogP contribution in [0.5, 0.6) is 0 Å². The number of ether oxygens (including phenoxy) is 6. The molecule has 0 aliphatic heterocycles. The van der Waals surface area contributed by atoms with Gasteiger partial charge in [-0.15, -0.1) is 0 Å². The van der Waals surface area contributed by atoms with Crippen LogP contribution in [-0.4, -0.2) is 69.4 Å². The van der Waals surface area contributed by atoms with Gasteiger partial charge in [-0.3, -0.25) is 28.8 Å². The highest BCUT2D eigenvalue weighted by molar-refractivity contribution is 5.79. The SMILES string of the molecule is CCC(C)(C)C(=O)OC1(C)C2(C)CCC(C2)C1(C)C.CCC(C)(C)C(=O)OC1(C)CC2CCC1(C)C2(C)C.CCC(C)(C)C(=O)OC1(C)CCCCCC1.CCC(C)(C)C(=O)OC1(C)CCCCCCCCC1.CCC(C)(C)C(=O)OC1(C)CCCCCCCCCCC1.CCC1(OC(=O)C(C)(C)CC)CCCCCC1. The number of fused-ring (bicyclic) bond motifs is 4. The maximum atomic E-state index is 12.5. The van der Waals surface area contributed by atoms with E-state index in [0.29, 0.717) is 11.8 Å². The topological polar surface area (TPSA) is 158 Å². The van der Waals surface area contributed by atoms with E-state index in [-0.39, 0.29) is 124 Å². The Hall–Kier alpha value is -3.18. The largest absolute Gasteiger partial charge is 0.459 e. The zero-order chi connectivity index (χ0) is 84.7. The Morgan fingerprint density at radius 3 is 0.739 bits per heavy atom. The Morgan fingerprint density at radius 2 is 0.505 bits per heavy atom. The molecule has 6 atom stereocenters. The first-order valence-corrected chi connectivity index (χ1v) is 46.6. The summed E-state index contributed by atoms with van der Waals surface area (Å²) in [5.41, 5.74) is -2.97. The first-order chi connectivity index (χ1) is 51.1. The van der Waals surface area contributed by atoms with Crippen molar-refractivity contribution in [2.45, 2.75) is 530 Å². The molecule has 0 amide bonds. The molecule has 8 aliphatic rings. The smallest absolute Gasteiger partial charge is 0.312 e. The van der Waals surface area contributed by atoms with E-state index in [0.717, 1.165) is 103 Å². The van der Waals surface area contributed by atoms with Crippen LogP contribution < -0.4 is 0 Å². The van der Waals surface area contributed by atoms with Crippen LogP contribution in [0.1, 0.15) is 497 Å². The van der Waals surface area contributed by atoms with Crippen molar-refractivity contribution in [2.75, 3.05) is 0 Å². The van der Waals surface area contributed by atoms with Crippen molar-refractivity contribution in [1.82, 2.24) is 0 Å². The Bertz CT molecular complexity index is 2800. The monoisotopic (exact) mass is 1560 g/mol. The van der Waals surface area contributed by atoms with Crippen molar-refractivity contribution in [3.63, 3.8) is 0 Å². The molecular weight excluding hydrogens is 1380 g/mol. The first kappa shape index (κ1) is 102. The van der Waals surface area contributed by atoms with Gasteiger partial charge in [0.05, 0.1) is 32.5 Å². The van der Waals surface area contributed by atoms with Crippen molar-refractivity contribution in [3.05, 3.63) is 0 Å². The van der Waals surface area contributed by atoms with Gasteiger partial charge in [0, 0.05) is 16.2 Å². The molecule has 8 rings (SSSR count). The minimum atomic E-state index is -0.378. The van der Waals surface area contributed by atoms with E-state index in [9.17, 15) is 28.8 Å². The Kier molecular flexibility index (Phi) is 39.0. The van der Waals surface area contributed by atoms with Gasteiger partial charge < -0.3 is 28.4 Å². The van der Waals surface area contributed by atoms with Crippen LogP contribution in [0.15, 0.2) is 0 Å². The molecule has 8 aliphatic carbocycles. The summed E-state index contributed by atoms with van der Waals surface area (Å²) >= 11 is 0. The second-order valence-electron chi connectivity index (χ2n) is 43.6. The zero-order valence-electron chi connectivity index (χ0n) is 78.9. The summed E-state index contributed by atoms with van der Waals surface area (Å²) in [5, 5.41) is 0. The lowest BCUT2D eigenvalue weighted by Crippen LogP contribution is -2.55. The number of hydrogen-bond acceptors (Lipinski definition) is 12. The Labute approximate surface area is 685 Å². The second kappa shape index (κ2) is 42.5. The Morgan fingerprint density at radius 1 is 0.270 bits per heavy atom. The molecule has 0 spiro atoms. The predicted molar refractivity (Wildman–Crippen MR) is 462 cm³/mol. The average molecular weight is 1560 g/mol. The highest BCUT2D eigenvalue weighted by Crippen LogP contribution is 2.71. The molecule has 0 saturated heterocycles. The van der Waals surface area contributed by atoms with Gasteiger partial charge in [-0.25, -0.2) is 0 Å². The van der Waals surface area contributed by atoms with Crippen LogP contribution in [0.25, 0.3) is 0 Å². The molecule has 0 N–H and O–H groups in total. The summed E-state index contributed by atoms with van der Waals surface area (Å²) in [6.07, 6.45) is 52.1. The quantitative estimate of drug-likeness (QED) is 0.0686. The average Bonchev–Trinajstić information content (AvgIpc) is 1.54. The van der Waals surface area contributed by atoms with Gasteiger partial charge in [-0.2, -0.15) is 0 Å². The molecule has 12 heteroatoms. The van der Waals surface area contributed by atoms with Crippen LogP contribution >= 0.6 is 0 Å². The fraction of sp³-hybridized carbons (Fsp3) is 0.939. The molecule has 6 unspecified atom stereocenters. The number of hydrogen-bond donors (Lipinski definition) is 0. The van der Waals surface area contributed by atoms with E-state index in [2.05, 4.69) is 111 Å². The molecule has 0 aromatic rings. The third-order valence-corrected chi connectivity index (χ3v) is 32.1. The number of carbonyl (C=O) groups excluding carboxylic acids is 6. The van der Waals surface area contributed by atoms with Crippen LogP contribution in [-0.2, 0) is 57.2 Å². The van der Waals surface area contributed by atoms with E-state index in [4.69, 9.17) is 28.4 Å². The lowest BCUT2D eigenvalue weighted by Gasteiger charge is -2.51. The third-order valence-electron chi connectivity index (χ3n) is 32.1. The molecule has 12 nitrogen and oxygen atoms in total. The molecule has 0 aromatic carbocycles.